The first kappa shape index (κ1) is 15.7. The van der Waals surface area contributed by atoms with Gasteiger partial charge < -0.3 is 8.98 Å². The molecule has 2 radical (unpaired) electrons. The Hall–Kier alpha value is -3.30. The average molecular weight is 376 g/mol. The number of fused-ring (bicyclic) bond motifs is 6. The molecule has 0 amide bonds. The molecule has 6 aromatic rings. The second-order valence-electron chi connectivity index (χ2n) is 7.25. The summed E-state index contributed by atoms with van der Waals surface area (Å²) in [4.78, 5) is 0. The number of aromatic nitrogens is 1. The van der Waals surface area contributed by atoms with E-state index in [2.05, 4.69) is 84.4 Å². The highest BCUT2D eigenvalue weighted by Gasteiger charge is 2.14. The summed E-state index contributed by atoms with van der Waals surface area (Å²) < 4.78 is 8.43. The van der Waals surface area contributed by atoms with Gasteiger partial charge in [0.05, 0.1) is 0 Å². The molecule has 2 nitrogen and oxygen atoms in total. The third-order valence-corrected chi connectivity index (χ3v) is 6.79. The maximum Gasteiger partial charge on any atom is 0.136 e. The third kappa shape index (κ3) is 2.26. The van der Waals surface area contributed by atoms with Gasteiger partial charge in [-0.2, -0.15) is 0 Å². The quantitative estimate of drug-likeness (QED) is 0.394. The van der Waals surface area contributed by atoms with Gasteiger partial charge in [-0.3, -0.25) is 0 Å². The van der Waals surface area contributed by atoms with Crippen molar-refractivity contribution in [3.63, 3.8) is 0 Å². The van der Waals surface area contributed by atoms with E-state index in [0.717, 1.165) is 11.2 Å². The number of nitrogens with zero attached hydrogens (tertiary/aromatic N) is 1. The van der Waals surface area contributed by atoms with Crippen LogP contribution in [0.3, 0.4) is 0 Å². The van der Waals surface area contributed by atoms with E-state index in [0.29, 0.717) is 9.52 Å². The molecule has 0 aliphatic carbocycles. The molecule has 0 bridgehead atoms. The minimum Gasteiger partial charge on any atom is -0.456 e. The summed E-state index contributed by atoms with van der Waals surface area (Å²) in [5.41, 5.74) is 4.41. The summed E-state index contributed by atoms with van der Waals surface area (Å²) in [5, 5.41) is 7.62. The smallest absolute Gasteiger partial charge is 0.136 e. The maximum atomic E-state index is 6.14. The Kier molecular flexibility index (Phi) is 3.28. The Labute approximate surface area is 164 Å². The van der Waals surface area contributed by atoms with E-state index in [1.807, 2.05) is 12.1 Å². The number of furan rings is 1. The fourth-order valence-electron chi connectivity index (χ4n) is 4.19. The minimum absolute atomic E-state index is 0.661. The zero-order chi connectivity index (χ0) is 18.7. The lowest BCUT2D eigenvalue weighted by Gasteiger charge is -2.02. The van der Waals surface area contributed by atoms with Gasteiger partial charge >= 0.3 is 0 Å². The van der Waals surface area contributed by atoms with Crippen molar-refractivity contribution in [3.8, 4) is 0 Å². The highest BCUT2D eigenvalue weighted by molar-refractivity contribution is 6.67. The van der Waals surface area contributed by atoms with Crippen LogP contribution in [0.4, 0.5) is 0 Å². The van der Waals surface area contributed by atoms with E-state index in [9.17, 15) is 0 Å². The molecule has 28 heavy (non-hydrogen) atoms. The Morgan fingerprint density at radius 1 is 0.607 bits per heavy atom. The van der Waals surface area contributed by atoms with Gasteiger partial charge in [0.2, 0.25) is 0 Å². The molecule has 0 fully saturated rings. The monoisotopic (exact) mass is 375 g/mol. The van der Waals surface area contributed by atoms with Crippen molar-refractivity contribution in [1.29, 1.82) is 0 Å². The van der Waals surface area contributed by atoms with E-state index in [-0.39, 0.29) is 0 Å². The van der Waals surface area contributed by atoms with Crippen molar-refractivity contribution in [2.24, 2.45) is 7.05 Å². The lowest BCUT2D eigenvalue weighted by atomic mass is 10.1. The SMILES string of the molecule is Cn1c2ccc([Si]c3ccccc3)cc2c2cc3oc4ccccc4c3cc21. The molecule has 0 saturated carbocycles. The molecule has 132 valence electrons. The molecule has 0 spiro atoms. The van der Waals surface area contributed by atoms with Crippen molar-refractivity contribution in [3.05, 3.63) is 84.9 Å². The summed E-state index contributed by atoms with van der Waals surface area (Å²) in [6.07, 6.45) is 0. The standard InChI is InChI=1S/C25H17NOSi/c1-26-22-12-11-17(28-16-7-3-2-4-8-16)13-19(22)20-15-25-21(14-23(20)26)18-9-5-6-10-24(18)27-25/h2-15H,1H3. The largest absolute Gasteiger partial charge is 0.456 e. The fraction of sp³-hybridized carbons (Fsp3) is 0.0400. The molecular formula is C25H17NOSi. The second-order valence-corrected chi connectivity index (χ2v) is 8.65. The normalized spacial score (nSPS) is 11.9. The highest BCUT2D eigenvalue weighted by atomic mass is 28.2. The molecule has 2 heterocycles. The number of aryl methyl sites for hydroxylation is 1. The molecule has 0 atom stereocenters. The van der Waals surface area contributed by atoms with Crippen molar-refractivity contribution in [1.82, 2.24) is 4.57 Å². The summed E-state index contributed by atoms with van der Waals surface area (Å²) in [6.45, 7) is 0. The Balaban J connectivity index is 1.61. The molecule has 3 heteroatoms. The van der Waals surface area contributed by atoms with Gasteiger partial charge in [0.25, 0.3) is 0 Å². The molecule has 6 rings (SSSR count). The van der Waals surface area contributed by atoms with Crippen LogP contribution in [0.15, 0.2) is 89.3 Å². The minimum atomic E-state index is 0.661. The highest BCUT2D eigenvalue weighted by Crippen LogP contribution is 2.35. The summed E-state index contributed by atoms with van der Waals surface area (Å²) in [5.74, 6) is 0. The lowest BCUT2D eigenvalue weighted by Crippen LogP contribution is -2.26. The van der Waals surface area contributed by atoms with Crippen LogP contribution in [0, 0.1) is 0 Å². The molecule has 2 aromatic heterocycles. The van der Waals surface area contributed by atoms with Crippen molar-refractivity contribution in [2.45, 2.75) is 0 Å². The fourth-order valence-corrected chi connectivity index (χ4v) is 5.27. The average Bonchev–Trinajstić information content (AvgIpc) is 3.23. The first-order chi connectivity index (χ1) is 13.8. The Morgan fingerprint density at radius 2 is 1.39 bits per heavy atom. The van der Waals surface area contributed by atoms with Crippen LogP contribution < -0.4 is 10.4 Å². The number of hydrogen-bond donors (Lipinski definition) is 0. The number of hydrogen-bond acceptors (Lipinski definition) is 1. The third-order valence-electron chi connectivity index (χ3n) is 5.57. The summed E-state index contributed by atoms with van der Waals surface area (Å²) in [6, 6.07) is 30.3. The number of rotatable bonds is 2. The Morgan fingerprint density at radius 3 is 2.29 bits per heavy atom. The first-order valence-corrected chi connectivity index (χ1v) is 10.4. The van der Waals surface area contributed by atoms with Crippen LogP contribution in [0.1, 0.15) is 0 Å². The van der Waals surface area contributed by atoms with E-state index < -0.39 is 0 Å². The van der Waals surface area contributed by atoms with Crippen LogP contribution in [0.25, 0.3) is 43.7 Å². The van der Waals surface area contributed by atoms with Gasteiger partial charge in [-0.1, -0.05) is 71.0 Å². The molecule has 0 saturated heterocycles. The van der Waals surface area contributed by atoms with E-state index >= 15 is 0 Å². The van der Waals surface area contributed by atoms with Crippen molar-refractivity contribution < 1.29 is 4.42 Å². The van der Waals surface area contributed by atoms with Gasteiger partial charge in [-0.25, -0.2) is 0 Å². The zero-order valence-electron chi connectivity index (χ0n) is 15.4. The predicted molar refractivity (Wildman–Crippen MR) is 119 cm³/mol. The van der Waals surface area contributed by atoms with Crippen LogP contribution in [-0.4, -0.2) is 14.1 Å². The van der Waals surface area contributed by atoms with Crippen LogP contribution >= 0.6 is 0 Å². The van der Waals surface area contributed by atoms with E-state index in [1.165, 1.54) is 43.0 Å². The zero-order valence-corrected chi connectivity index (χ0v) is 16.4. The van der Waals surface area contributed by atoms with Crippen molar-refractivity contribution in [2.75, 3.05) is 0 Å². The van der Waals surface area contributed by atoms with Gasteiger partial charge in [0.1, 0.15) is 20.7 Å². The van der Waals surface area contributed by atoms with Crippen LogP contribution in [0.2, 0.25) is 0 Å². The molecule has 4 aromatic carbocycles. The second kappa shape index (κ2) is 5.85. The topological polar surface area (TPSA) is 18.1 Å². The van der Waals surface area contributed by atoms with Crippen LogP contribution in [-0.2, 0) is 7.05 Å². The number of benzene rings is 4. The van der Waals surface area contributed by atoms with Gasteiger partial charge in [-0.05, 0) is 24.3 Å². The maximum absolute atomic E-state index is 6.14. The molecule has 0 aliphatic heterocycles. The number of para-hydroxylation sites is 1. The van der Waals surface area contributed by atoms with Gasteiger partial charge in [-0.15, -0.1) is 0 Å². The lowest BCUT2D eigenvalue weighted by molar-refractivity contribution is 0.669. The molecule has 0 aliphatic rings. The summed E-state index contributed by atoms with van der Waals surface area (Å²) in [7, 11) is 2.81. The van der Waals surface area contributed by atoms with Gasteiger partial charge in [0, 0.05) is 39.6 Å². The van der Waals surface area contributed by atoms with Gasteiger partial charge in [0.15, 0.2) is 0 Å². The Bertz CT molecular complexity index is 1490. The summed E-state index contributed by atoms with van der Waals surface area (Å²) >= 11 is 0. The molecular weight excluding hydrogens is 358 g/mol. The van der Waals surface area contributed by atoms with E-state index in [1.54, 1.807) is 0 Å². The van der Waals surface area contributed by atoms with Crippen LogP contribution in [0.5, 0.6) is 0 Å². The predicted octanol–water partition coefficient (Wildman–Crippen LogP) is 4.89. The van der Waals surface area contributed by atoms with Crippen molar-refractivity contribution >= 4 is 63.6 Å². The first-order valence-electron chi connectivity index (χ1n) is 9.43. The molecule has 0 N–H and O–H groups in total. The van der Waals surface area contributed by atoms with E-state index in [4.69, 9.17) is 4.42 Å². The molecule has 0 unspecified atom stereocenters.